The van der Waals surface area contributed by atoms with Crippen LogP contribution < -0.4 is 5.32 Å². The van der Waals surface area contributed by atoms with E-state index in [4.69, 9.17) is 0 Å². The van der Waals surface area contributed by atoms with Gasteiger partial charge in [0, 0.05) is 24.8 Å². The van der Waals surface area contributed by atoms with Gasteiger partial charge in [-0.05, 0) is 55.3 Å². The molecule has 124 valence electrons. The maximum atomic E-state index is 13.3. The van der Waals surface area contributed by atoms with Crippen molar-refractivity contribution in [1.29, 1.82) is 0 Å². The van der Waals surface area contributed by atoms with Crippen LogP contribution in [-0.4, -0.2) is 32.8 Å². The molecule has 1 aliphatic heterocycles. The van der Waals surface area contributed by atoms with Crippen LogP contribution in [0.2, 0.25) is 0 Å². The lowest BCUT2D eigenvalue weighted by Gasteiger charge is -2.33. The molecule has 0 radical (unpaired) electrons. The Labute approximate surface area is 144 Å². The smallest absolute Gasteiger partial charge is 0.125 e. The monoisotopic (exact) mass is 342 g/mol. The third-order valence-corrected chi connectivity index (χ3v) is 4.98. The van der Waals surface area contributed by atoms with Crippen LogP contribution in [0.15, 0.2) is 42.5 Å². The number of hydrogen-bond acceptors (Lipinski definition) is 5. The van der Waals surface area contributed by atoms with Gasteiger partial charge in [0.05, 0.1) is 11.7 Å². The van der Waals surface area contributed by atoms with Crippen LogP contribution in [0, 0.1) is 5.82 Å². The van der Waals surface area contributed by atoms with Gasteiger partial charge in [-0.15, -0.1) is 0 Å². The Morgan fingerprint density at radius 2 is 2.08 bits per heavy atom. The van der Waals surface area contributed by atoms with Crippen LogP contribution in [-0.2, 0) is 6.54 Å². The molecule has 1 atom stereocenters. The highest BCUT2D eigenvalue weighted by Crippen LogP contribution is 2.20. The van der Waals surface area contributed by atoms with E-state index in [-0.39, 0.29) is 5.82 Å². The molecule has 0 saturated carbocycles. The van der Waals surface area contributed by atoms with Crippen molar-refractivity contribution in [2.24, 2.45) is 0 Å². The number of anilines is 1. The molecule has 4 rings (SSSR count). The number of hydrogen-bond donors (Lipinski definition) is 1. The molecule has 24 heavy (non-hydrogen) atoms. The second kappa shape index (κ2) is 6.83. The second-order valence-corrected chi connectivity index (χ2v) is 6.84. The first kappa shape index (κ1) is 15.5. The molecule has 0 unspecified atom stereocenters. The number of likely N-dealkylation sites (tertiary alicyclic amines) is 1. The van der Waals surface area contributed by atoms with Crippen molar-refractivity contribution >= 4 is 28.4 Å². The van der Waals surface area contributed by atoms with E-state index in [1.165, 1.54) is 23.4 Å². The minimum Gasteiger partial charge on any atom is -0.381 e. The molecule has 0 amide bonds. The normalized spacial score (nSPS) is 18.8. The van der Waals surface area contributed by atoms with E-state index < -0.39 is 0 Å². The van der Waals surface area contributed by atoms with E-state index in [9.17, 15) is 4.39 Å². The fourth-order valence-corrected chi connectivity index (χ4v) is 3.83. The largest absolute Gasteiger partial charge is 0.381 e. The van der Waals surface area contributed by atoms with Crippen molar-refractivity contribution in [3.63, 3.8) is 0 Å². The van der Waals surface area contributed by atoms with Gasteiger partial charge in [0.15, 0.2) is 0 Å². The fraction of sp³-hybridized carbons (Fsp3) is 0.333. The van der Waals surface area contributed by atoms with Crippen LogP contribution in [0.5, 0.6) is 0 Å². The molecule has 3 aromatic rings. The van der Waals surface area contributed by atoms with Gasteiger partial charge in [-0.3, -0.25) is 4.90 Å². The van der Waals surface area contributed by atoms with Gasteiger partial charge in [-0.25, -0.2) is 4.39 Å². The first-order valence-electron chi connectivity index (χ1n) is 8.22. The van der Waals surface area contributed by atoms with Gasteiger partial charge in [-0.1, -0.05) is 12.1 Å². The molecule has 1 saturated heterocycles. The Hall–Kier alpha value is -2.05. The molecule has 6 heteroatoms. The van der Waals surface area contributed by atoms with Crippen molar-refractivity contribution in [3.8, 4) is 0 Å². The van der Waals surface area contributed by atoms with E-state index in [1.54, 1.807) is 12.1 Å². The van der Waals surface area contributed by atoms with Crippen molar-refractivity contribution in [2.45, 2.75) is 25.4 Å². The molecule has 0 bridgehead atoms. The standard InChI is InChI=1S/C18H19FN4S/c19-14-3-1-4-15(10-14)20-16-5-2-8-23(12-16)11-13-6-7-17-18(9-13)22-24-21-17/h1,3-4,6-7,9-10,16,20H,2,5,8,11-12H2/t16-/m0/s1. The van der Waals surface area contributed by atoms with Crippen molar-refractivity contribution in [2.75, 3.05) is 18.4 Å². The minimum atomic E-state index is -0.196. The summed E-state index contributed by atoms with van der Waals surface area (Å²) in [6, 6.07) is 13.4. The van der Waals surface area contributed by atoms with Crippen molar-refractivity contribution in [1.82, 2.24) is 13.6 Å². The van der Waals surface area contributed by atoms with Crippen LogP contribution in [0.1, 0.15) is 18.4 Å². The third-order valence-electron chi connectivity index (χ3n) is 4.43. The summed E-state index contributed by atoms with van der Waals surface area (Å²) in [5, 5.41) is 3.46. The molecule has 2 heterocycles. The highest BCUT2D eigenvalue weighted by molar-refractivity contribution is 7.00. The highest BCUT2D eigenvalue weighted by atomic mass is 32.1. The maximum absolute atomic E-state index is 13.3. The van der Waals surface area contributed by atoms with Crippen LogP contribution in [0.25, 0.3) is 11.0 Å². The lowest BCUT2D eigenvalue weighted by Crippen LogP contribution is -2.41. The molecule has 1 aromatic heterocycles. The average Bonchev–Trinajstić information content (AvgIpc) is 3.03. The number of aromatic nitrogens is 2. The van der Waals surface area contributed by atoms with Gasteiger partial charge >= 0.3 is 0 Å². The minimum absolute atomic E-state index is 0.196. The lowest BCUT2D eigenvalue weighted by molar-refractivity contribution is 0.208. The number of halogens is 1. The molecular weight excluding hydrogens is 323 g/mol. The molecule has 0 spiro atoms. The predicted molar refractivity (Wildman–Crippen MR) is 95.7 cm³/mol. The quantitative estimate of drug-likeness (QED) is 0.780. The summed E-state index contributed by atoms with van der Waals surface area (Å²) in [7, 11) is 0. The maximum Gasteiger partial charge on any atom is 0.125 e. The van der Waals surface area contributed by atoms with Crippen molar-refractivity contribution < 1.29 is 4.39 Å². The number of nitrogens with zero attached hydrogens (tertiary/aromatic N) is 3. The predicted octanol–water partition coefficient (Wildman–Crippen LogP) is 3.91. The number of fused-ring (bicyclic) bond motifs is 1. The summed E-state index contributed by atoms with van der Waals surface area (Å²) < 4.78 is 21.9. The Morgan fingerprint density at radius 3 is 3.00 bits per heavy atom. The van der Waals surface area contributed by atoms with E-state index >= 15 is 0 Å². The molecule has 4 nitrogen and oxygen atoms in total. The van der Waals surface area contributed by atoms with Crippen molar-refractivity contribution in [3.05, 3.63) is 53.8 Å². The summed E-state index contributed by atoms with van der Waals surface area (Å²) in [5.74, 6) is -0.196. The van der Waals surface area contributed by atoms with Gasteiger partial charge in [0.25, 0.3) is 0 Å². The van der Waals surface area contributed by atoms with E-state index in [1.807, 2.05) is 12.1 Å². The van der Waals surface area contributed by atoms with Crippen LogP contribution in [0.3, 0.4) is 0 Å². The Morgan fingerprint density at radius 1 is 1.17 bits per heavy atom. The highest BCUT2D eigenvalue weighted by Gasteiger charge is 2.20. The molecule has 0 aliphatic carbocycles. The molecule has 2 aromatic carbocycles. The average molecular weight is 342 g/mol. The molecule has 1 fully saturated rings. The van der Waals surface area contributed by atoms with E-state index in [0.717, 1.165) is 49.2 Å². The molecule has 1 N–H and O–H groups in total. The fourth-order valence-electron chi connectivity index (χ4n) is 3.32. The topological polar surface area (TPSA) is 41.0 Å². The third kappa shape index (κ3) is 3.55. The summed E-state index contributed by atoms with van der Waals surface area (Å²) in [6.45, 7) is 2.97. The number of benzene rings is 2. The van der Waals surface area contributed by atoms with Gasteiger partial charge in [-0.2, -0.15) is 8.75 Å². The van der Waals surface area contributed by atoms with Crippen LogP contribution in [0.4, 0.5) is 10.1 Å². The molecule has 1 aliphatic rings. The Kier molecular flexibility index (Phi) is 4.40. The van der Waals surface area contributed by atoms with Gasteiger partial charge in [0.2, 0.25) is 0 Å². The lowest BCUT2D eigenvalue weighted by atomic mass is 10.0. The zero-order valence-electron chi connectivity index (χ0n) is 13.3. The van der Waals surface area contributed by atoms with E-state index in [0.29, 0.717) is 6.04 Å². The summed E-state index contributed by atoms with van der Waals surface area (Å²) in [6.07, 6.45) is 2.26. The number of piperidine rings is 1. The van der Waals surface area contributed by atoms with E-state index in [2.05, 4.69) is 31.1 Å². The number of nitrogens with one attached hydrogen (secondary N) is 1. The second-order valence-electron chi connectivity index (χ2n) is 6.32. The van der Waals surface area contributed by atoms with Crippen LogP contribution >= 0.6 is 11.7 Å². The summed E-state index contributed by atoms with van der Waals surface area (Å²) in [5.41, 5.74) is 4.07. The summed E-state index contributed by atoms with van der Waals surface area (Å²) >= 11 is 1.26. The summed E-state index contributed by atoms with van der Waals surface area (Å²) in [4.78, 5) is 2.45. The number of rotatable bonds is 4. The van der Waals surface area contributed by atoms with Gasteiger partial charge in [0.1, 0.15) is 16.9 Å². The molecular formula is C18H19FN4S. The Bertz CT molecular complexity index is 835. The first-order valence-corrected chi connectivity index (χ1v) is 8.95. The first-order chi connectivity index (χ1) is 11.8. The zero-order valence-corrected chi connectivity index (χ0v) is 14.1. The SMILES string of the molecule is Fc1cccc(N[C@H]2CCCN(Cc3ccc4nsnc4c3)C2)c1. The Balaban J connectivity index is 1.40. The zero-order chi connectivity index (χ0) is 16.4. The van der Waals surface area contributed by atoms with Gasteiger partial charge < -0.3 is 5.32 Å².